The summed E-state index contributed by atoms with van der Waals surface area (Å²) in [5, 5.41) is 9.22. The van der Waals surface area contributed by atoms with Crippen molar-refractivity contribution in [2.75, 3.05) is 13.7 Å². The summed E-state index contributed by atoms with van der Waals surface area (Å²) >= 11 is 3.08. The van der Waals surface area contributed by atoms with Gasteiger partial charge in [-0.15, -0.1) is 0 Å². The van der Waals surface area contributed by atoms with Gasteiger partial charge < -0.3 is 14.6 Å². The number of H-pyrrole nitrogens is 1. The van der Waals surface area contributed by atoms with E-state index in [-0.39, 0.29) is 12.7 Å². The molecule has 110 valence electrons. The van der Waals surface area contributed by atoms with Gasteiger partial charge in [0, 0.05) is 19.7 Å². The molecule has 0 amide bonds. The van der Waals surface area contributed by atoms with Gasteiger partial charge in [-0.1, -0.05) is 15.9 Å². The molecule has 20 heavy (non-hydrogen) atoms. The third kappa shape index (κ3) is 2.93. The lowest BCUT2D eigenvalue weighted by Crippen LogP contribution is -2.33. The molecule has 0 unspecified atom stereocenters. The number of aromatic nitrogens is 2. The van der Waals surface area contributed by atoms with Crippen LogP contribution in [0.15, 0.2) is 20.8 Å². The number of hydrogen-bond donors (Lipinski definition) is 2. The molecule has 2 heterocycles. The van der Waals surface area contributed by atoms with E-state index in [0.717, 1.165) is 0 Å². The molecule has 1 saturated heterocycles. The highest BCUT2D eigenvalue weighted by Crippen LogP contribution is 2.29. The maximum Gasteiger partial charge on any atom is 0.330 e. The van der Waals surface area contributed by atoms with E-state index >= 15 is 0 Å². The van der Waals surface area contributed by atoms with Crippen molar-refractivity contribution in [3.63, 3.8) is 0 Å². The molecule has 0 radical (unpaired) electrons. The minimum Gasteiger partial charge on any atom is -0.394 e. The normalized spacial score (nSPS) is 26.4. The second-order valence-corrected chi connectivity index (χ2v) is 4.89. The van der Waals surface area contributed by atoms with Crippen molar-refractivity contribution in [3.05, 3.63) is 37.6 Å². The predicted octanol–water partition coefficient (Wildman–Crippen LogP) is 0.197. The zero-order chi connectivity index (χ0) is 14.7. The Morgan fingerprint density at radius 2 is 2.40 bits per heavy atom. The van der Waals surface area contributed by atoms with Crippen molar-refractivity contribution in [1.29, 1.82) is 0 Å². The maximum atomic E-state index is 11.9. The lowest BCUT2D eigenvalue weighted by molar-refractivity contribution is -0.0535. The van der Waals surface area contributed by atoms with E-state index in [0.29, 0.717) is 12.0 Å². The molecule has 7 nitrogen and oxygen atoms in total. The monoisotopic (exact) mass is 346 g/mol. The summed E-state index contributed by atoms with van der Waals surface area (Å²) in [6.07, 6.45) is 2.02. The Hall–Kier alpha value is -1.22. The fourth-order valence-electron chi connectivity index (χ4n) is 2.18. The van der Waals surface area contributed by atoms with Gasteiger partial charge in [-0.05, 0) is 11.1 Å². The van der Waals surface area contributed by atoms with Crippen LogP contribution in [0.4, 0.5) is 0 Å². The molecule has 0 bridgehead atoms. The van der Waals surface area contributed by atoms with E-state index in [4.69, 9.17) is 9.47 Å². The quantitative estimate of drug-likeness (QED) is 0.812. The highest BCUT2D eigenvalue weighted by molar-refractivity contribution is 9.11. The third-order valence-electron chi connectivity index (χ3n) is 3.21. The number of nitrogens with zero attached hydrogens (tertiary/aromatic N) is 1. The summed E-state index contributed by atoms with van der Waals surface area (Å²) in [7, 11) is 1.52. The average molecular weight is 347 g/mol. The Balaban J connectivity index is 2.36. The molecule has 1 aliphatic heterocycles. The molecule has 1 aromatic rings. The second-order valence-electron chi connectivity index (χ2n) is 4.37. The van der Waals surface area contributed by atoms with Crippen LogP contribution in [0.25, 0.3) is 6.08 Å². The van der Waals surface area contributed by atoms with Crippen molar-refractivity contribution in [2.45, 2.75) is 24.9 Å². The maximum absolute atomic E-state index is 11.9. The molecule has 0 saturated carbocycles. The molecular formula is C12H15BrN2O5. The van der Waals surface area contributed by atoms with Gasteiger partial charge in [0.25, 0.3) is 5.56 Å². The summed E-state index contributed by atoms with van der Waals surface area (Å²) in [6.45, 7) is -0.193. The van der Waals surface area contributed by atoms with Crippen LogP contribution in [0, 0.1) is 0 Å². The molecule has 1 fully saturated rings. The number of ether oxygens (including phenoxy) is 2. The first-order valence-electron chi connectivity index (χ1n) is 6.02. The van der Waals surface area contributed by atoms with E-state index in [9.17, 15) is 14.7 Å². The lowest BCUT2D eigenvalue weighted by Gasteiger charge is -2.15. The molecule has 3 atom stereocenters. The smallest absolute Gasteiger partial charge is 0.330 e. The standard InChI is InChI=1S/C12H15BrN2O5/c1-19-8-4-10(20-9(8)6-16)15-5-7(2-3-13)11(17)14-12(15)18/h2-3,5,8-10,16H,4,6H2,1H3,(H,14,17,18)/t8-,9+,10+/m0/s1. The van der Waals surface area contributed by atoms with Crippen LogP contribution >= 0.6 is 15.9 Å². The minimum atomic E-state index is -0.580. The first kappa shape index (κ1) is 15.2. The van der Waals surface area contributed by atoms with Crippen LogP contribution in [0.3, 0.4) is 0 Å². The van der Waals surface area contributed by atoms with Crippen LogP contribution in [0.5, 0.6) is 0 Å². The van der Waals surface area contributed by atoms with E-state index in [1.807, 2.05) is 0 Å². The first-order valence-corrected chi connectivity index (χ1v) is 6.93. The fourth-order valence-corrected chi connectivity index (χ4v) is 2.47. The van der Waals surface area contributed by atoms with E-state index in [1.165, 1.54) is 28.9 Å². The summed E-state index contributed by atoms with van der Waals surface area (Å²) < 4.78 is 12.1. The van der Waals surface area contributed by atoms with Crippen molar-refractivity contribution in [3.8, 4) is 0 Å². The van der Waals surface area contributed by atoms with Gasteiger partial charge in [0.15, 0.2) is 0 Å². The molecule has 1 aliphatic rings. The number of hydrogen-bond acceptors (Lipinski definition) is 5. The van der Waals surface area contributed by atoms with Crippen molar-refractivity contribution in [1.82, 2.24) is 9.55 Å². The highest BCUT2D eigenvalue weighted by Gasteiger charge is 2.36. The number of aromatic amines is 1. The Morgan fingerprint density at radius 1 is 1.65 bits per heavy atom. The molecule has 1 aromatic heterocycles. The molecule has 0 spiro atoms. The summed E-state index contributed by atoms with van der Waals surface area (Å²) in [5.41, 5.74) is -0.700. The second kappa shape index (κ2) is 6.49. The predicted molar refractivity (Wildman–Crippen MR) is 75.7 cm³/mol. The zero-order valence-electron chi connectivity index (χ0n) is 10.8. The topological polar surface area (TPSA) is 93.6 Å². The number of aliphatic hydroxyl groups is 1. The summed E-state index contributed by atoms with van der Waals surface area (Å²) in [4.78, 5) is 27.2. The van der Waals surface area contributed by atoms with Gasteiger partial charge >= 0.3 is 5.69 Å². The van der Waals surface area contributed by atoms with Crippen molar-refractivity contribution in [2.24, 2.45) is 0 Å². The third-order valence-corrected chi connectivity index (χ3v) is 3.48. The molecule has 0 aliphatic carbocycles. The number of rotatable bonds is 4. The molecule has 0 aromatic carbocycles. The van der Waals surface area contributed by atoms with E-state index in [2.05, 4.69) is 20.9 Å². The number of methoxy groups -OCH3 is 1. The molecule has 8 heteroatoms. The van der Waals surface area contributed by atoms with Gasteiger partial charge in [0.1, 0.15) is 12.3 Å². The average Bonchev–Trinajstić information content (AvgIpc) is 2.85. The number of halogens is 1. The van der Waals surface area contributed by atoms with Crippen LogP contribution in [-0.2, 0) is 9.47 Å². The van der Waals surface area contributed by atoms with Crippen molar-refractivity contribution < 1.29 is 14.6 Å². The Labute approximate surface area is 123 Å². The van der Waals surface area contributed by atoms with E-state index in [1.54, 1.807) is 0 Å². The Morgan fingerprint density at radius 3 is 2.95 bits per heavy atom. The highest BCUT2D eigenvalue weighted by atomic mass is 79.9. The van der Waals surface area contributed by atoms with Crippen LogP contribution in [0.2, 0.25) is 0 Å². The molecular weight excluding hydrogens is 332 g/mol. The SMILES string of the molecule is CO[C@H]1C[C@H](n2cc(C=CBr)c(=O)[nH]c2=O)O[C@@H]1CO. The van der Waals surface area contributed by atoms with E-state index < -0.39 is 23.6 Å². The van der Waals surface area contributed by atoms with Gasteiger partial charge in [0.05, 0.1) is 18.3 Å². The van der Waals surface area contributed by atoms with Gasteiger partial charge in [-0.3, -0.25) is 14.3 Å². The summed E-state index contributed by atoms with van der Waals surface area (Å²) in [6, 6.07) is 0. The Bertz CT molecular complexity index is 597. The molecule has 2 rings (SSSR count). The van der Waals surface area contributed by atoms with Gasteiger partial charge in [0.2, 0.25) is 0 Å². The van der Waals surface area contributed by atoms with Crippen LogP contribution < -0.4 is 11.2 Å². The number of aliphatic hydroxyl groups excluding tert-OH is 1. The number of nitrogens with one attached hydrogen (secondary N) is 1. The molecule has 2 N–H and O–H groups in total. The minimum absolute atomic E-state index is 0.193. The lowest BCUT2D eigenvalue weighted by atomic mass is 10.2. The first-order chi connectivity index (χ1) is 9.60. The van der Waals surface area contributed by atoms with Gasteiger partial charge in [-0.2, -0.15) is 0 Å². The zero-order valence-corrected chi connectivity index (χ0v) is 12.4. The fraction of sp³-hybridized carbons (Fsp3) is 0.500. The largest absolute Gasteiger partial charge is 0.394 e. The van der Waals surface area contributed by atoms with Crippen molar-refractivity contribution >= 4 is 22.0 Å². The van der Waals surface area contributed by atoms with Gasteiger partial charge in [-0.25, -0.2) is 4.79 Å². The van der Waals surface area contributed by atoms with Crippen LogP contribution in [0.1, 0.15) is 18.2 Å². The Kier molecular flexibility index (Phi) is 4.92. The summed E-state index contributed by atoms with van der Waals surface area (Å²) in [5.74, 6) is 0. The van der Waals surface area contributed by atoms with Crippen LogP contribution in [-0.4, -0.2) is 40.6 Å².